The molecule has 0 unspecified atom stereocenters. The summed E-state index contributed by atoms with van der Waals surface area (Å²) < 4.78 is 26.8. The van der Waals surface area contributed by atoms with Crippen molar-refractivity contribution < 1.29 is 45.9 Å². The van der Waals surface area contributed by atoms with Gasteiger partial charge in [-0.15, -0.1) is 0 Å². The second-order valence-electron chi connectivity index (χ2n) is 8.18. The Morgan fingerprint density at radius 2 is 1.15 bits per heavy atom. The van der Waals surface area contributed by atoms with Crippen LogP contribution in [0.15, 0.2) is 29.0 Å². The molecule has 0 radical (unpaired) electrons. The number of methoxy groups -OCH3 is 2. The minimum Gasteiger partial charge on any atom is -1.00 e. The van der Waals surface area contributed by atoms with E-state index in [2.05, 4.69) is 25.9 Å². The first kappa shape index (κ1) is 46.9. The van der Waals surface area contributed by atoms with Crippen molar-refractivity contribution in [2.75, 3.05) is 14.2 Å². The Hall–Kier alpha value is -0.0539. The van der Waals surface area contributed by atoms with Crippen LogP contribution in [-0.4, -0.2) is 90.0 Å². The van der Waals surface area contributed by atoms with Gasteiger partial charge < -0.3 is 52.3 Å². The predicted octanol–water partition coefficient (Wildman–Crippen LogP) is 2.03. The zero-order chi connectivity index (χ0) is 29.8. The molecule has 2 rings (SSSR count). The van der Waals surface area contributed by atoms with Gasteiger partial charge in [0, 0.05) is 23.8 Å². The van der Waals surface area contributed by atoms with E-state index < -0.39 is 14.4 Å². The molecule has 0 bridgehead atoms. The molecule has 0 aliphatic rings. The first-order valence-electron chi connectivity index (χ1n) is 11.8. The van der Waals surface area contributed by atoms with Crippen LogP contribution in [0.3, 0.4) is 0 Å². The quantitative estimate of drug-likeness (QED) is 0.231. The Labute approximate surface area is 281 Å². The smallest absolute Gasteiger partial charge is 1.00 e. The second-order valence-corrected chi connectivity index (χ2v) is 9.81. The Morgan fingerprint density at radius 3 is 1.45 bits per heavy atom. The fraction of sp³-hybridized carbons (Fsp3) is 0.542. The predicted molar refractivity (Wildman–Crippen MR) is 165 cm³/mol. The van der Waals surface area contributed by atoms with Crippen LogP contribution in [0.1, 0.15) is 55.4 Å². The van der Waals surface area contributed by atoms with E-state index in [1.165, 1.54) is 19.4 Å². The van der Waals surface area contributed by atoms with E-state index in [1.807, 2.05) is 61.8 Å². The fourth-order valence-corrected chi connectivity index (χ4v) is 3.05. The summed E-state index contributed by atoms with van der Waals surface area (Å²) in [5.74, 6) is 0.985. The zero-order valence-corrected chi connectivity index (χ0v) is 30.1. The van der Waals surface area contributed by atoms with Crippen molar-refractivity contribution in [1.29, 1.82) is 0 Å². The largest absolute Gasteiger partial charge is 2.00 e. The van der Waals surface area contributed by atoms with Crippen molar-refractivity contribution >= 4 is 82.1 Å². The van der Waals surface area contributed by atoms with Gasteiger partial charge in [-0.25, -0.2) is 9.97 Å². The molecule has 0 fully saturated rings. The summed E-state index contributed by atoms with van der Waals surface area (Å²) in [6.07, 6.45) is 5.23. The molecule has 0 saturated carbocycles. The molecule has 224 valence electrons. The van der Waals surface area contributed by atoms with Crippen LogP contribution in [-0.2, 0) is 14.0 Å². The standard InChI is InChI=1S/C9H21BO3.C6H7BClNO3.C6H5BrClNO.C3H7.ClH.Mg/c1-7(2)11-10(12-8(3)4)13-9(5)6;1-12-5-3-9-6(8)2-4(5)7(10)11;1-10-5-3-9-6(8)2-4(5)7;1-3-2;;/h7-9H,1-6H3;2-3,10-11H,1H3;2-3H,1H3;3H,1-2H3;1H;/q;;;-1;;+2/p-1. The molecule has 0 aromatic carbocycles. The van der Waals surface area contributed by atoms with Gasteiger partial charge in [-0.2, -0.15) is 13.8 Å². The summed E-state index contributed by atoms with van der Waals surface area (Å²) in [4.78, 5) is 7.53. The van der Waals surface area contributed by atoms with E-state index in [0.717, 1.165) is 4.47 Å². The van der Waals surface area contributed by atoms with Crippen molar-refractivity contribution in [2.24, 2.45) is 0 Å². The van der Waals surface area contributed by atoms with Crippen LogP contribution in [0.25, 0.3) is 0 Å². The van der Waals surface area contributed by atoms with E-state index in [9.17, 15) is 0 Å². The Kier molecular flexibility index (Phi) is 32.5. The molecule has 2 aromatic rings. The van der Waals surface area contributed by atoms with Crippen LogP contribution in [0.4, 0.5) is 0 Å². The van der Waals surface area contributed by atoms with Crippen molar-refractivity contribution in [2.45, 2.75) is 73.7 Å². The molecule has 40 heavy (non-hydrogen) atoms. The van der Waals surface area contributed by atoms with Crippen molar-refractivity contribution in [3.63, 3.8) is 0 Å². The summed E-state index contributed by atoms with van der Waals surface area (Å²) in [5, 5.41) is 18.3. The molecular weight excluding hydrogens is 660 g/mol. The van der Waals surface area contributed by atoms with Gasteiger partial charge in [0.05, 0.1) is 31.1 Å². The monoisotopic (exact) mass is 698 g/mol. The third-order valence-corrected chi connectivity index (χ3v) is 4.55. The van der Waals surface area contributed by atoms with Gasteiger partial charge in [-0.05, 0) is 69.6 Å². The first-order chi connectivity index (χ1) is 17.7. The molecule has 2 aromatic heterocycles. The number of pyridine rings is 2. The minimum absolute atomic E-state index is 0. The van der Waals surface area contributed by atoms with Crippen LogP contribution in [0.2, 0.25) is 10.3 Å². The summed E-state index contributed by atoms with van der Waals surface area (Å²) in [6, 6.07) is 3.02. The van der Waals surface area contributed by atoms with Crippen LogP contribution in [0.5, 0.6) is 11.5 Å². The van der Waals surface area contributed by atoms with Gasteiger partial charge >= 0.3 is 37.5 Å². The molecule has 0 aliphatic carbocycles. The number of rotatable bonds is 9. The van der Waals surface area contributed by atoms with E-state index >= 15 is 0 Å². The SMILES string of the molecule is CC(C)OB(OC(C)C)OC(C)C.COc1cnc(Cl)cc1B(O)O.COc1cnc(Cl)cc1Br.C[CH-]C.[Cl-].[Mg+2]. The first-order valence-corrected chi connectivity index (χ1v) is 13.4. The van der Waals surface area contributed by atoms with Gasteiger partial charge in [0.1, 0.15) is 16.1 Å². The zero-order valence-electron chi connectivity index (χ0n) is 24.8. The number of halogens is 4. The third-order valence-electron chi connectivity index (χ3n) is 3.52. The maximum absolute atomic E-state index is 8.85. The van der Waals surface area contributed by atoms with E-state index in [1.54, 1.807) is 19.4 Å². The summed E-state index contributed by atoms with van der Waals surface area (Å²) >= 11 is 14.4. The maximum Gasteiger partial charge on any atom is 2.00 e. The number of nitrogens with zero attached hydrogens (tertiary/aromatic N) is 2. The van der Waals surface area contributed by atoms with Crippen LogP contribution >= 0.6 is 39.1 Å². The summed E-state index contributed by atoms with van der Waals surface area (Å²) in [7, 11) is 0.854. The van der Waals surface area contributed by atoms with Gasteiger partial charge in [-0.1, -0.05) is 23.2 Å². The molecule has 0 atom stereocenters. The number of hydrogen-bond acceptors (Lipinski definition) is 9. The van der Waals surface area contributed by atoms with Gasteiger partial charge in [0.15, 0.2) is 5.75 Å². The van der Waals surface area contributed by atoms with E-state index in [-0.39, 0.29) is 64.4 Å². The summed E-state index contributed by atoms with van der Waals surface area (Å²) in [6.45, 7) is 15.8. The average molecular weight is 701 g/mol. The molecule has 0 amide bonds. The molecule has 0 aliphatic heterocycles. The Morgan fingerprint density at radius 1 is 0.800 bits per heavy atom. The molecule has 16 heteroatoms. The van der Waals surface area contributed by atoms with Gasteiger partial charge in [0.25, 0.3) is 0 Å². The van der Waals surface area contributed by atoms with Crippen molar-refractivity contribution in [3.05, 3.63) is 45.7 Å². The van der Waals surface area contributed by atoms with Gasteiger partial charge in [0.2, 0.25) is 0 Å². The molecule has 0 saturated heterocycles. The molecule has 2 heterocycles. The third kappa shape index (κ3) is 24.5. The second kappa shape index (κ2) is 27.8. The van der Waals surface area contributed by atoms with E-state index in [4.69, 9.17) is 56.7 Å². The number of ether oxygens (including phenoxy) is 2. The van der Waals surface area contributed by atoms with Crippen LogP contribution in [0, 0.1) is 6.42 Å². The minimum atomic E-state index is -1.60. The average Bonchev–Trinajstić information content (AvgIpc) is 2.79. The molecule has 2 N–H and O–H groups in total. The fourth-order valence-electron chi connectivity index (χ4n) is 2.11. The molecule has 0 spiro atoms. The van der Waals surface area contributed by atoms with Crippen molar-refractivity contribution in [1.82, 2.24) is 9.97 Å². The van der Waals surface area contributed by atoms with E-state index in [0.29, 0.717) is 16.7 Å². The Balaban J connectivity index is -0.000000227. The topological polar surface area (TPSA) is 112 Å². The summed E-state index contributed by atoms with van der Waals surface area (Å²) in [5.41, 5.74) is 0.206. The maximum atomic E-state index is 8.85. The number of aromatic nitrogens is 2. The normalized spacial score (nSPS) is 9.55. The molecule has 9 nitrogen and oxygen atoms in total. The van der Waals surface area contributed by atoms with Gasteiger partial charge in [-0.3, -0.25) is 0 Å². The Bertz CT molecular complexity index is 873. The van der Waals surface area contributed by atoms with Crippen molar-refractivity contribution in [3.8, 4) is 11.5 Å². The number of hydrogen-bond donors (Lipinski definition) is 2. The van der Waals surface area contributed by atoms with Crippen LogP contribution < -0.4 is 27.3 Å². The molecular formula is C24H40B2BrCl3MgN2O7.